The molecule has 2 aromatic rings. The number of hydrogen-bond donors (Lipinski definition) is 1. The second kappa shape index (κ2) is 14.1. The molecule has 0 saturated carbocycles. The Bertz CT molecular complexity index is 853. The van der Waals surface area contributed by atoms with Gasteiger partial charge in [0.2, 0.25) is 0 Å². The summed E-state index contributed by atoms with van der Waals surface area (Å²) in [6.45, 7) is 2.21. The summed E-state index contributed by atoms with van der Waals surface area (Å²) in [6.07, 6.45) is 11.1. The molecule has 0 fully saturated rings. The van der Waals surface area contributed by atoms with Crippen molar-refractivity contribution in [2.24, 2.45) is 0 Å². The second-order valence-electron chi connectivity index (χ2n) is 7.37. The molecule has 0 aromatic heterocycles. The van der Waals surface area contributed by atoms with E-state index in [1.54, 1.807) is 24.3 Å². The molecule has 7 heteroatoms. The maximum Gasteiger partial charge on any atom is 1.00 e. The van der Waals surface area contributed by atoms with Crippen LogP contribution in [0.5, 0.6) is 17.2 Å². The van der Waals surface area contributed by atoms with Crippen molar-refractivity contribution in [3.05, 3.63) is 48.0 Å². The van der Waals surface area contributed by atoms with Crippen molar-refractivity contribution < 1.29 is 52.4 Å². The normalized spacial score (nSPS) is 11.1. The fourth-order valence-corrected chi connectivity index (χ4v) is 3.82. The van der Waals surface area contributed by atoms with Crippen molar-refractivity contribution in [1.29, 1.82) is 0 Å². The summed E-state index contributed by atoms with van der Waals surface area (Å²) in [6, 6.07) is 11.1. The van der Waals surface area contributed by atoms with E-state index in [0.29, 0.717) is 17.7 Å². The average molecular weight is 443 g/mol. The van der Waals surface area contributed by atoms with Gasteiger partial charge in [-0.25, -0.2) is 0 Å². The summed E-state index contributed by atoms with van der Waals surface area (Å²) >= 11 is 0. The molecule has 0 unspecified atom stereocenters. The van der Waals surface area contributed by atoms with E-state index in [2.05, 4.69) is 6.92 Å². The van der Waals surface area contributed by atoms with Crippen LogP contribution >= 0.6 is 0 Å². The molecule has 160 valence electrons. The molecule has 0 atom stereocenters. The molecule has 0 amide bonds. The molecule has 0 aliphatic carbocycles. The summed E-state index contributed by atoms with van der Waals surface area (Å²) in [7, 11) is -4.48. The zero-order chi connectivity index (χ0) is 21.1. The molecule has 1 N–H and O–H groups in total. The maximum absolute atomic E-state index is 12.5. The smallest absolute Gasteiger partial charge is 0.872 e. The number of hydrogen-bond acceptors (Lipinski definition) is 4. The van der Waals surface area contributed by atoms with Crippen molar-refractivity contribution in [1.82, 2.24) is 0 Å². The summed E-state index contributed by atoms with van der Waals surface area (Å²) in [5, 5.41) is 12.5. The summed E-state index contributed by atoms with van der Waals surface area (Å²) in [5.41, 5.74) is 0.448. The van der Waals surface area contributed by atoms with Crippen LogP contribution in [0.2, 0.25) is 0 Å². The molecule has 2 rings (SSSR count). The third-order valence-corrected chi connectivity index (χ3v) is 5.77. The number of para-hydroxylation sites is 1. The van der Waals surface area contributed by atoms with Crippen molar-refractivity contribution in [2.45, 2.75) is 76.0 Å². The molecular weight excluding hydrogens is 411 g/mol. The fraction of sp³-hybridized carbons (Fsp3) is 0.478. The van der Waals surface area contributed by atoms with E-state index in [1.807, 2.05) is 6.07 Å². The molecule has 0 aliphatic heterocycles. The molecule has 0 radical (unpaired) electrons. The van der Waals surface area contributed by atoms with E-state index >= 15 is 0 Å². The van der Waals surface area contributed by atoms with Crippen LogP contribution in [0.1, 0.15) is 70.3 Å². The van der Waals surface area contributed by atoms with Gasteiger partial charge in [-0.1, -0.05) is 76.5 Å². The first-order valence-electron chi connectivity index (χ1n) is 10.5. The first-order valence-corrected chi connectivity index (χ1v) is 11.9. The topological polar surface area (TPSA) is 86.7 Å². The second-order valence-corrected chi connectivity index (χ2v) is 8.79. The molecule has 30 heavy (non-hydrogen) atoms. The van der Waals surface area contributed by atoms with Crippen LogP contribution in [-0.2, 0) is 16.5 Å². The van der Waals surface area contributed by atoms with Crippen molar-refractivity contribution in [3.63, 3.8) is 0 Å². The van der Waals surface area contributed by atoms with Crippen molar-refractivity contribution in [2.75, 3.05) is 0 Å². The molecule has 5 nitrogen and oxygen atoms in total. The SMILES string of the molecule is CCCCCCCCCCCc1c([O-])cc(S(=O)(=O)O)cc1Oc1ccccc1.[Na+]. The predicted molar refractivity (Wildman–Crippen MR) is 113 cm³/mol. The van der Waals surface area contributed by atoms with Gasteiger partial charge in [0.05, 0.1) is 4.90 Å². The van der Waals surface area contributed by atoms with Gasteiger partial charge in [0.15, 0.2) is 0 Å². The van der Waals surface area contributed by atoms with E-state index < -0.39 is 20.8 Å². The Labute approximate surface area is 202 Å². The van der Waals surface area contributed by atoms with E-state index in [0.717, 1.165) is 25.3 Å². The number of unbranched alkanes of at least 4 members (excludes halogenated alkanes) is 8. The van der Waals surface area contributed by atoms with E-state index in [1.165, 1.54) is 44.6 Å². The van der Waals surface area contributed by atoms with Gasteiger partial charge >= 0.3 is 29.6 Å². The van der Waals surface area contributed by atoms with Gasteiger partial charge in [-0.3, -0.25) is 4.55 Å². The Morgan fingerprint density at radius 1 is 0.900 bits per heavy atom. The Balaban J connectivity index is 0.00000450. The van der Waals surface area contributed by atoms with Crippen LogP contribution in [0.25, 0.3) is 0 Å². The van der Waals surface area contributed by atoms with Crippen LogP contribution < -0.4 is 39.4 Å². The largest absolute Gasteiger partial charge is 1.00 e. The first kappa shape index (κ1) is 27.0. The standard InChI is InChI=1S/C23H32O5S.Na/c1-2-3-4-5-6-7-8-9-13-16-21-22(24)17-20(29(25,26)27)18-23(21)28-19-14-11-10-12-15-19;/h10-12,14-15,17-18,24H,2-9,13,16H2,1H3,(H,25,26,27);/q;+1/p-1. The number of benzene rings is 2. The monoisotopic (exact) mass is 442 g/mol. The van der Waals surface area contributed by atoms with Crippen LogP contribution in [0.15, 0.2) is 47.4 Å². The minimum absolute atomic E-state index is 0. The average Bonchev–Trinajstić information content (AvgIpc) is 2.68. The van der Waals surface area contributed by atoms with Crippen LogP contribution in [-0.4, -0.2) is 13.0 Å². The zero-order valence-corrected chi connectivity index (χ0v) is 20.9. The Kier molecular flexibility index (Phi) is 12.7. The molecule has 2 aromatic carbocycles. The van der Waals surface area contributed by atoms with E-state index in [-0.39, 0.29) is 35.3 Å². The Morgan fingerprint density at radius 2 is 1.47 bits per heavy atom. The van der Waals surface area contributed by atoms with Crippen molar-refractivity contribution >= 4 is 10.1 Å². The summed E-state index contributed by atoms with van der Waals surface area (Å²) in [5.74, 6) is 0.272. The van der Waals surface area contributed by atoms with Gasteiger partial charge in [-0.2, -0.15) is 8.42 Å². The molecule has 0 bridgehead atoms. The Morgan fingerprint density at radius 3 is 2.03 bits per heavy atom. The molecule has 0 saturated heterocycles. The quantitative estimate of drug-likeness (QED) is 0.293. The minimum Gasteiger partial charge on any atom is -0.872 e. The van der Waals surface area contributed by atoms with E-state index in [4.69, 9.17) is 4.74 Å². The van der Waals surface area contributed by atoms with Gasteiger partial charge in [0.1, 0.15) is 11.5 Å². The van der Waals surface area contributed by atoms with Gasteiger partial charge < -0.3 is 9.84 Å². The minimum atomic E-state index is -4.48. The van der Waals surface area contributed by atoms with Gasteiger partial charge in [-0.05, 0) is 36.6 Å². The summed E-state index contributed by atoms with van der Waals surface area (Å²) < 4.78 is 38.1. The van der Waals surface area contributed by atoms with Gasteiger partial charge in [0, 0.05) is 6.07 Å². The zero-order valence-electron chi connectivity index (χ0n) is 18.1. The molecule has 0 heterocycles. The number of rotatable bonds is 13. The Hall–Kier alpha value is -1.05. The first-order chi connectivity index (χ1) is 13.9. The summed E-state index contributed by atoms with van der Waals surface area (Å²) in [4.78, 5) is -0.440. The number of ether oxygens (including phenoxy) is 1. The van der Waals surface area contributed by atoms with Crippen LogP contribution in [0.3, 0.4) is 0 Å². The van der Waals surface area contributed by atoms with Crippen LogP contribution in [0, 0.1) is 0 Å². The van der Waals surface area contributed by atoms with Crippen molar-refractivity contribution in [3.8, 4) is 17.2 Å². The molecular formula is C23H31NaO5S. The molecule has 0 aliphatic rings. The third kappa shape index (κ3) is 9.40. The van der Waals surface area contributed by atoms with Gasteiger partial charge in [-0.15, -0.1) is 5.75 Å². The fourth-order valence-electron chi connectivity index (χ4n) is 3.31. The van der Waals surface area contributed by atoms with E-state index in [9.17, 15) is 18.1 Å². The van der Waals surface area contributed by atoms with Crippen LogP contribution in [0.4, 0.5) is 0 Å². The molecule has 0 spiro atoms. The third-order valence-electron chi connectivity index (χ3n) is 4.94. The predicted octanol–water partition coefficient (Wildman–Crippen LogP) is 2.88. The maximum atomic E-state index is 12.5. The van der Waals surface area contributed by atoms with Gasteiger partial charge in [0.25, 0.3) is 10.1 Å².